The van der Waals surface area contributed by atoms with Crippen molar-refractivity contribution < 1.29 is 28.7 Å². The molecule has 4 N–H and O–H groups in total. The van der Waals surface area contributed by atoms with Crippen molar-refractivity contribution in [1.29, 1.82) is 0 Å². The van der Waals surface area contributed by atoms with Gasteiger partial charge in [-0.15, -0.1) is 0 Å². The van der Waals surface area contributed by atoms with E-state index >= 15 is 0 Å². The number of piperidine rings is 1. The molecule has 334 valence electrons. The first kappa shape index (κ1) is 42.0. The van der Waals surface area contributed by atoms with Crippen LogP contribution in [0.4, 0.5) is 9.59 Å². The Bertz CT molecular complexity index is 2760. The van der Waals surface area contributed by atoms with Gasteiger partial charge in [0.2, 0.25) is 5.91 Å². The van der Waals surface area contributed by atoms with Crippen LogP contribution in [-0.4, -0.2) is 86.6 Å². The minimum atomic E-state index is -0.881. The van der Waals surface area contributed by atoms with Gasteiger partial charge in [-0.1, -0.05) is 92.7 Å². The summed E-state index contributed by atoms with van der Waals surface area (Å²) in [6.07, 6.45) is 8.29. The number of nitrogens with one attached hydrogen (secondary N) is 4. The number of aromatic nitrogens is 4. The summed E-state index contributed by atoms with van der Waals surface area (Å²) in [5.74, 6) is 1.44. The van der Waals surface area contributed by atoms with Gasteiger partial charge in [-0.3, -0.25) is 9.59 Å². The highest BCUT2D eigenvalue weighted by Gasteiger charge is 2.55. The lowest BCUT2D eigenvalue weighted by Gasteiger charge is -2.37. The number of likely N-dealkylation sites (tertiary alicyclic amines) is 2. The standard InChI is InChI=1S/C51H54N8O6/c1-29(2)42(56-49(62)64-3)48(61)59-38-19-18-37(24-38)44(59)46-53-26-39(55-46)31-12-10-30(11-13-31)33-14-15-35-23-36(17-16-34(35)22-33)40-27-52-45(54-40)41-25-51(20-21-51)28-58(41)47(60)43(57-50(63)65-4)32-8-6-5-7-9-32/h5-17,22-23,26-27,29,37-38,41-44H,18-21,24-25,28H2,1-4H3,(H,52,54)(H,53,55)(H,56,62)(H,57,63)/t37-,38-,41+,42+,43?,44+/m1/s1. The number of alkyl carbamates (subject to hydrolysis) is 2. The number of rotatable bonds is 11. The molecule has 4 fully saturated rings. The molecule has 10 rings (SSSR count). The molecule has 14 nitrogen and oxygen atoms in total. The van der Waals surface area contributed by atoms with Gasteiger partial charge in [0.25, 0.3) is 5.91 Å². The minimum Gasteiger partial charge on any atom is -0.453 e. The van der Waals surface area contributed by atoms with Crippen molar-refractivity contribution in [2.45, 2.75) is 82.6 Å². The summed E-state index contributed by atoms with van der Waals surface area (Å²) in [5.41, 5.74) is 6.70. The molecule has 1 spiro atoms. The summed E-state index contributed by atoms with van der Waals surface area (Å²) in [5, 5.41) is 7.73. The number of fused-ring (bicyclic) bond motifs is 3. The summed E-state index contributed by atoms with van der Waals surface area (Å²) >= 11 is 0. The van der Waals surface area contributed by atoms with E-state index in [2.05, 4.69) is 81.3 Å². The molecule has 0 radical (unpaired) electrons. The predicted octanol–water partition coefficient (Wildman–Crippen LogP) is 8.87. The predicted molar refractivity (Wildman–Crippen MR) is 245 cm³/mol. The van der Waals surface area contributed by atoms with E-state index < -0.39 is 24.3 Å². The maximum atomic E-state index is 14.3. The molecule has 4 amide bonds. The number of nitrogens with zero attached hydrogens (tertiary/aromatic N) is 4. The Morgan fingerprint density at radius 1 is 0.723 bits per heavy atom. The van der Waals surface area contributed by atoms with Crippen LogP contribution in [0.2, 0.25) is 0 Å². The fourth-order valence-corrected chi connectivity index (χ4v) is 10.6. The maximum absolute atomic E-state index is 14.3. The lowest BCUT2D eigenvalue weighted by Crippen LogP contribution is -2.54. The van der Waals surface area contributed by atoms with Crippen LogP contribution in [-0.2, 0) is 19.1 Å². The zero-order valence-corrected chi connectivity index (χ0v) is 37.0. The molecule has 6 aromatic rings. The first-order valence-electron chi connectivity index (χ1n) is 22.6. The van der Waals surface area contributed by atoms with Crippen LogP contribution in [0.1, 0.15) is 87.7 Å². The Balaban J connectivity index is 0.839. The normalized spacial score (nSPS) is 21.4. The van der Waals surface area contributed by atoms with Crippen molar-refractivity contribution in [2.75, 3.05) is 20.8 Å². The number of ether oxygens (including phenoxy) is 2. The molecular weight excluding hydrogens is 821 g/mol. The molecular formula is C51H54N8O6. The summed E-state index contributed by atoms with van der Waals surface area (Å²) in [6.45, 7) is 4.48. The van der Waals surface area contributed by atoms with E-state index in [4.69, 9.17) is 19.4 Å². The Labute approximate surface area is 377 Å². The maximum Gasteiger partial charge on any atom is 0.407 e. The molecule has 2 aliphatic carbocycles. The molecule has 6 atom stereocenters. The van der Waals surface area contributed by atoms with E-state index in [1.54, 1.807) is 0 Å². The molecule has 2 saturated heterocycles. The molecule has 2 bridgehead atoms. The smallest absolute Gasteiger partial charge is 0.407 e. The number of imidazole rings is 2. The van der Waals surface area contributed by atoms with Gasteiger partial charge in [0.05, 0.1) is 50.1 Å². The summed E-state index contributed by atoms with van der Waals surface area (Å²) < 4.78 is 9.73. The fourth-order valence-electron chi connectivity index (χ4n) is 10.6. The van der Waals surface area contributed by atoms with Crippen molar-refractivity contribution >= 4 is 34.8 Å². The first-order chi connectivity index (χ1) is 31.5. The van der Waals surface area contributed by atoms with Gasteiger partial charge < -0.3 is 39.9 Å². The number of aromatic amines is 2. The highest BCUT2D eigenvalue weighted by Crippen LogP contribution is 2.58. The minimum absolute atomic E-state index is 0.0780. The summed E-state index contributed by atoms with van der Waals surface area (Å²) in [6, 6.07) is 28.7. The Morgan fingerprint density at radius 3 is 2.03 bits per heavy atom. The van der Waals surface area contributed by atoms with Crippen molar-refractivity contribution in [3.8, 4) is 33.6 Å². The second-order valence-electron chi connectivity index (χ2n) is 18.7. The monoisotopic (exact) mass is 874 g/mol. The molecule has 14 heteroatoms. The van der Waals surface area contributed by atoms with Gasteiger partial charge in [0.1, 0.15) is 23.7 Å². The Morgan fingerprint density at radius 2 is 1.34 bits per heavy atom. The lowest BCUT2D eigenvalue weighted by atomic mass is 9.95. The third kappa shape index (κ3) is 7.99. The van der Waals surface area contributed by atoms with Crippen molar-refractivity contribution in [2.24, 2.45) is 17.3 Å². The quantitative estimate of drug-likeness (QED) is 0.0999. The number of carbonyl (C=O) groups excluding carboxylic acids is 4. The molecule has 4 aliphatic rings. The Hall–Kier alpha value is -6.96. The molecule has 2 aromatic heterocycles. The van der Waals surface area contributed by atoms with E-state index in [0.29, 0.717) is 18.0 Å². The molecule has 1 unspecified atom stereocenters. The number of hydrogen-bond acceptors (Lipinski definition) is 8. The number of hydrogen-bond donors (Lipinski definition) is 4. The van der Waals surface area contributed by atoms with Crippen LogP contribution in [0.25, 0.3) is 44.4 Å². The molecule has 65 heavy (non-hydrogen) atoms. The van der Waals surface area contributed by atoms with E-state index in [1.165, 1.54) is 14.2 Å². The molecule has 2 aliphatic heterocycles. The van der Waals surface area contributed by atoms with E-state index in [0.717, 1.165) is 94.6 Å². The van der Waals surface area contributed by atoms with Crippen LogP contribution < -0.4 is 10.6 Å². The number of carbonyl (C=O) groups is 4. The highest BCUT2D eigenvalue weighted by molar-refractivity contribution is 5.91. The van der Waals surface area contributed by atoms with Gasteiger partial charge in [0.15, 0.2) is 0 Å². The molecule has 4 aromatic carbocycles. The second kappa shape index (κ2) is 16.9. The lowest BCUT2D eigenvalue weighted by molar-refractivity contribution is -0.139. The van der Waals surface area contributed by atoms with Gasteiger partial charge in [-0.05, 0) is 101 Å². The van der Waals surface area contributed by atoms with Gasteiger partial charge in [0, 0.05) is 18.2 Å². The van der Waals surface area contributed by atoms with Crippen LogP contribution in [0.5, 0.6) is 0 Å². The van der Waals surface area contributed by atoms with Crippen molar-refractivity contribution in [3.05, 3.63) is 121 Å². The fraction of sp³-hybridized carbons (Fsp3) is 0.373. The zero-order chi connectivity index (χ0) is 45.0. The van der Waals surface area contributed by atoms with Crippen LogP contribution >= 0.6 is 0 Å². The third-order valence-electron chi connectivity index (χ3n) is 14.3. The number of H-pyrrole nitrogens is 2. The number of amides is 4. The van der Waals surface area contributed by atoms with Crippen LogP contribution in [0.3, 0.4) is 0 Å². The zero-order valence-electron chi connectivity index (χ0n) is 37.0. The van der Waals surface area contributed by atoms with E-state index in [-0.39, 0.29) is 41.3 Å². The first-order valence-corrected chi connectivity index (χ1v) is 22.6. The largest absolute Gasteiger partial charge is 0.453 e. The van der Waals surface area contributed by atoms with Crippen LogP contribution in [0.15, 0.2) is 103 Å². The van der Waals surface area contributed by atoms with Crippen molar-refractivity contribution in [3.63, 3.8) is 0 Å². The van der Waals surface area contributed by atoms with E-state index in [9.17, 15) is 19.2 Å². The topological polar surface area (TPSA) is 175 Å². The van der Waals surface area contributed by atoms with Crippen molar-refractivity contribution in [1.82, 2.24) is 40.4 Å². The van der Waals surface area contributed by atoms with E-state index in [1.807, 2.05) is 66.4 Å². The molecule has 2 saturated carbocycles. The third-order valence-corrected chi connectivity index (χ3v) is 14.3. The molecule has 4 heterocycles. The highest BCUT2D eigenvalue weighted by atomic mass is 16.5. The number of benzene rings is 4. The van der Waals surface area contributed by atoms with Gasteiger partial charge in [-0.25, -0.2) is 19.6 Å². The SMILES string of the molecule is COC(=O)NC(C(=O)N1CC2(CC2)C[C@H]1c1ncc(-c2ccc3cc(-c4ccc(-c5cnc([C@@H]6[C@@H]7CC[C@H](C7)N6C(=O)[C@@H](NC(=O)OC)C(C)C)[nH]5)cc4)ccc3c2)[nH]1)c1ccccc1. The van der Waals surface area contributed by atoms with Gasteiger partial charge in [-0.2, -0.15) is 0 Å². The summed E-state index contributed by atoms with van der Waals surface area (Å²) in [4.78, 5) is 73.4. The van der Waals surface area contributed by atoms with Crippen LogP contribution in [0, 0.1) is 17.3 Å². The van der Waals surface area contributed by atoms with Gasteiger partial charge >= 0.3 is 12.2 Å². The average molecular weight is 875 g/mol. The summed E-state index contributed by atoms with van der Waals surface area (Å²) in [7, 11) is 2.61. The Kier molecular flexibility index (Phi) is 10.9. The second-order valence-corrected chi connectivity index (χ2v) is 18.7. The number of methoxy groups -OCH3 is 2. The average Bonchev–Trinajstić information content (AvgIpc) is 3.97.